The monoisotopic (exact) mass is 1030 g/mol. The second-order valence-electron chi connectivity index (χ2n) is 18.0. The molecule has 0 bridgehead atoms. The van der Waals surface area contributed by atoms with E-state index in [-0.39, 0.29) is 25.9 Å². The molecule has 0 aromatic carbocycles. The molecule has 0 saturated heterocycles. The Hall–Kier alpha value is -3.86. The molecule has 0 amide bonds. The number of aliphatic hydroxyl groups is 1. The van der Waals surface area contributed by atoms with Gasteiger partial charge in [0.2, 0.25) is 0 Å². The number of hydrogen-bond donors (Lipinski definition) is 2. The Labute approximate surface area is 437 Å². The van der Waals surface area contributed by atoms with Gasteiger partial charge in [0.15, 0.2) is 6.10 Å². The zero-order valence-electron chi connectivity index (χ0n) is 45.1. The average molecular weight is 1030 g/mol. The van der Waals surface area contributed by atoms with Crippen molar-refractivity contribution in [2.24, 2.45) is 0 Å². The predicted molar refractivity (Wildman–Crippen MR) is 297 cm³/mol. The van der Waals surface area contributed by atoms with Crippen LogP contribution in [-0.2, 0) is 42.2 Å². The zero-order chi connectivity index (χ0) is 52.7. The molecule has 0 aliphatic carbocycles. The lowest BCUT2D eigenvalue weighted by Gasteiger charge is -2.21. The first-order valence-corrected chi connectivity index (χ1v) is 29.3. The molecule has 0 aliphatic rings. The van der Waals surface area contributed by atoms with E-state index in [2.05, 4.69) is 124 Å². The van der Waals surface area contributed by atoms with Gasteiger partial charge >= 0.3 is 25.7 Å². The molecule has 3 atom stereocenters. The van der Waals surface area contributed by atoms with Crippen molar-refractivity contribution in [1.82, 2.24) is 0 Å². The normalized spacial score (nSPS) is 14.2. The largest absolute Gasteiger partial charge is 0.472 e. The number of esters is 3. The maximum atomic E-state index is 12.9. The Kier molecular flexibility index (Phi) is 50.6. The number of allylic oxidation sites excluding steroid dienone is 18. The van der Waals surface area contributed by atoms with E-state index in [1.807, 2.05) is 6.08 Å². The molecule has 11 nitrogen and oxygen atoms in total. The number of unbranched alkanes of at least 4 members (excludes halogenated alkanes) is 15. The van der Waals surface area contributed by atoms with Gasteiger partial charge in [0.1, 0.15) is 12.7 Å². The number of phosphoric acid groups is 1. The molecule has 0 aromatic rings. The van der Waals surface area contributed by atoms with Gasteiger partial charge < -0.3 is 24.2 Å². The maximum Gasteiger partial charge on any atom is 0.472 e. The van der Waals surface area contributed by atoms with Crippen LogP contribution < -0.4 is 0 Å². The van der Waals surface area contributed by atoms with Crippen LogP contribution in [0.5, 0.6) is 0 Å². The minimum Gasteiger partial charge on any atom is -0.462 e. The van der Waals surface area contributed by atoms with Crippen molar-refractivity contribution in [2.45, 2.75) is 226 Å². The van der Waals surface area contributed by atoms with E-state index in [1.54, 1.807) is 0 Å². The number of ether oxygens (including phenoxy) is 3. The molecule has 0 rings (SSSR count). The van der Waals surface area contributed by atoms with Gasteiger partial charge in [0.05, 0.1) is 19.8 Å². The smallest absolute Gasteiger partial charge is 0.462 e. The van der Waals surface area contributed by atoms with Crippen molar-refractivity contribution in [2.75, 3.05) is 26.4 Å². The van der Waals surface area contributed by atoms with E-state index >= 15 is 0 Å². The quantitative estimate of drug-likeness (QED) is 0.0197. The van der Waals surface area contributed by atoms with Crippen molar-refractivity contribution >= 4 is 25.7 Å². The summed E-state index contributed by atoms with van der Waals surface area (Å²) in [6.45, 7) is 4.30. The fourth-order valence-corrected chi connectivity index (χ4v) is 7.81. The number of phosphoric ester groups is 1. The molecular formula is C60H99O11P. The van der Waals surface area contributed by atoms with E-state index in [4.69, 9.17) is 23.3 Å². The number of hydrogen-bond acceptors (Lipinski definition) is 10. The third-order valence-electron chi connectivity index (χ3n) is 11.2. The lowest BCUT2D eigenvalue weighted by atomic mass is 10.1. The summed E-state index contributed by atoms with van der Waals surface area (Å²) < 4.78 is 39.4. The van der Waals surface area contributed by atoms with Crippen LogP contribution in [0.25, 0.3) is 0 Å². The maximum absolute atomic E-state index is 12.9. The van der Waals surface area contributed by atoms with Crippen LogP contribution >= 0.6 is 7.82 Å². The fraction of sp³-hybridized carbons (Fsp3) is 0.650. The van der Waals surface area contributed by atoms with Gasteiger partial charge in [-0.2, -0.15) is 0 Å². The third-order valence-corrected chi connectivity index (χ3v) is 12.1. The Morgan fingerprint density at radius 3 is 1.15 bits per heavy atom. The molecule has 12 heteroatoms. The molecular weight excluding hydrogens is 928 g/mol. The highest BCUT2D eigenvalue weighted by Crippen LogP contribution is 2.43. The van der Waals surface area contributed by atoms with Crippen molar-refractivity contribution < 1.29 is 52.2 Å². The lowest BCUT2D eigenvalue weighted by molar-refractivity contribution is -0.161. The summed E-state index contributed by atoms with van der Waals surface area (Å²) in [5, 5.41) is 9.78. The molecule has 410 valence electrons. The highest BCUT2D eigenvalue weighted by Gasteiger charge is 2.28. The third kappa shape index (κ3) is 51.1. The van der Waals surface area contributed by atoms with E-state index in [1.165, 1.54) is 44.9 Å². The Bertz CT molecular complexity index is 1620. The lowest BCUT2D eigenvalue weighted by Crippen LogP contribution is -2.30. The van der Waals surface area contributed by atoms with E-state index in [0.717, 1.165) is 103 Å². The van der Waals surface area contributed by atoms with E-state index in [9.17, 15) is 28.9 Å². The molecule has 0 aromatic heterocycles. The topological polar surface area (TPSA) is 155 Å². The zero-order valence-corrected chi connectivity index (χ0v) is 46.0. The fourth-order valence-electron chi connectivity index (χ4n) is 7.03. The second-order valence-corrected chi connectivity index (χ2v) is 19.4. The Morgan fingerprint density at radius 2 is 0.736 bits per heavy atom. The molecule has 0 heterocycles. The van der Waals surface area contributed by atoms with Gasteiger partial charge in [-0.05, 0) is 96.3 Å². The molecule has 0 spiro atoms. The van der Waals surface area contributed by atoms with Gasteiger partial charge in [-0.15, -0.1) is 0 Å². The van der Waals surface area contributed by atoms with E-state index < -0.39 is 57.8 Å². The van der Waals surface area contributed by atoms with Crippen LogP contribution in [-0.4, -0.2) is 66.5 Å². The summed E-state index contributed by atoms with van der Waals surface area (Å²) in [4.78, 5) is 48.4. The van der Waals surface area contributed by atoms with Crippen molar-refractivity contribution in [1.29, 1.82) is 0 Å². The van der Waals surface area contributed by atoms with Gasteiger partial charge in [-0.25, -0.2) is 4.57 Å². The predicted octanol–water partition coefficient (Wildman–Crippen LogP) is 16.2. The summed E-state index contributed by atoms with van der Waals surface area (Å²) in [6, 6.07) is 0. The second kappa shape index (κ2) is 53.4. The molecule has 0 aliphatic heterocycles. The van der Waals surface area contributed by atoms with Crippen molar-refractivity contribution in [3.8, 4) is 0 Å². The average Bonchev–Trinajstić information content (AvgIpc) is 3.37. The van der Waals surface area contributed by atoms with Gasteiger partial charge in [0.25, 0.3) is 0 Å². The van der Waals surface area contributed by atoms with Crippen LogP contribution in [0.2, 0.25) is 0 Å². The summed E-state index contributed by atoms with van der Waals surface area (Å²) >= 11 is 0. The number of carbonyl (C=O) groups is 3. The highest BCUT2D eigenvalue weighted by molar-refractivity contribution is 7.47. The van der Waals surface area contributed by atoms with E-state index in [0.29, 0.717) is 25.7 Å². The van der Waals surface area contributed by atoms with Crippen molar-refractivity contribution in [3.05, 3.63) is 109 Å². The number of aliphatic hydroxyl groups excluding tert-OH is 1. The standard InChI is InChI=1S/C60H99O11P/c1-4-7-10-13-16-19-22-24-26-28-30-32-35-37-40-43-46-49-58(62)67-53-57(71-60(64)51-48-45-42-39-36-33-31-29-27-25-23-20-17-14-11-8-5-2)55-69-72(65,66)68-54-56(52-61)70-59(63)50-47-44-41-38-34-21-18-15-12-9-6-3/h7-8,10-11,16-17,19-20,24-27,30-33,37,40,56-57,61H,4-6,9,12-15,18,21-23,28-29,34-36,38-39,41-55H2,1-3H3,(H,65,66)/b10-7-,11-8-,19-16-,20-17-,26-24-,27-25-,32-30-,33-31-,40-37-. The summed E-state index contributed by atoms with van der Waals surface area (Å²) in [5.41, 5.74) is 0. The number of rotatable bonds is 50. The molecule has 3 unspecified atom stereocenters. The minimum atomic E-state index is -4.77. The molecule has 72 heavy (non-hydrogen) atoms. The first kappa shape index (κ1) is 68.1. The summed E-state index contributed by atoms with van der Waals surface area (Å²) in [6.07, 6.45) is 63.4. The van der Waals surface area contributed by atoms with Gasteiger partial charge in [-0.3, -0.25) is 23.4 Å². The summed E-state index contributed by atoms with van der Waals surface area (Å²) in [5.74, 6) is -1.57. The molecule has 0 radical (unpaired) electrons. The van der Waals surface area contributed by atoms with Crippen LogP contribution in [0.1, 0.15) is 213 Å². The Morgan fingerprint density at radius 1 is 0.403 bits per heavy atom. The molecule has 2 N–H and O–H groups in total. The van der Waals surface area contributed by atoms with Gasteiger partial charge in [0, 0.05) is 19.3 Å². The van der Waals surface area contributed by atoms with Crippen LogP contribution in [0, 0.1) is 0 Å². The van der Waals surface area contributed by atoms with Crippen LogP contribution in [0.4, 0.5) is 0 Å². The molecule has 0 fully saturated rings. The SMILES string of the molecule is CC/C=C\C/C=C\C/C=C\C/C=C\C/C=C\CCCC(=O)OCC(COP(=O)(O)OCC(CO)OC(=O)CCCCCCCCCCCCC)OC(=O)CCCCCC/C=C\C/C=C\C/C=C\C/C=C\CC. The summed E-state index contributed by atoms with van der Waals surface area (Å²) in [7, 11) is -4.77. The van der Waals surface area contributed by atoms with Crippen LogP contribution in [0.15, 0.2) is 109 Å². The van der Waals surface area contributed by atoms with Crippen molar-refractivity contribution in [3.63, 3.8) is 0 Å². The first-order chi connectivity index (χ1) is 35.2. The number of carbonyl (C=O) groups excluding carboxylic acids is 3. The van der Waals surface area contributed by atoms with Crippen LogP contribution in [0.3, 0.4) is 0 Å². The molecule has 0 saturated carbocycles. The Balaban J connectivity index is 4.88. The minimum absolute atomic E-state index is 0.123. The highest BCUT2D eigenvalue weighted by atomic mass is 31.2. The first-order valence-electron chi connectivity index (χ1n) is 27.8. The van der Waals surface area contributed by atoms with Gasteiger partial charge in [-0.1, -0.05) is 207 Å².